The molecule has 7 nitrogen and oxygen atoms in total. The molecule has 1 aromatic rings. The number of Topliss-reactive ketones (excluding diaryl/α,β-unsaturated/α-hetero) is 1. The Hall–Kier alpha value is -2.83. The van der Waals surface area contributed by atoms with E-state index in [1.807, 2.05) is 0 Å². The van der Waals surface area contributed by atoms with Crippen LogP contribution in [-0.2, 0) is 14.3 Å². The molecule has 0 saturated carbocycles. The van der Waals surface area contributed by atoms with Gasteiger partial charge >= 0.3 is 5.97 Å². The van der Waals surface area contributed by atoms with Crippen molar-refractivity contribution in [2.24, 2.45) is 10.9 Å². The monoisotopic (exact) mass is 342 g/mol. The number of benzene rings is 1. The summed E-state index contributed by atoms with van der Waals surface area (Å²) in [5.41, 5.74) is 2.23. The van der Waals surface area contributed by atoms with Gasteiger partial charge in [0.2, 0.25) is 0 Å². The van der Waals surface area contributed by atoms with E-state index in [2.05, 4.69) is 4.99 Å². The molecule has 1 unspecified atom stereocenters. The van der Waals surface area contributed by atoms with Crippen molar-refractivity contribution >= 4 is 23.2 Å². The largest absolute Gasteiger partial charge is 0.468 e. The van der Waals surface area contributed by atoms with Crippen molar-refractivity contribution in [2.75, 3.05) is 7.11 Å². The van der Waals surface area contributed by atoms with Crippen LogP contribution >= 0.6 is 0 Å². The molecule has 0 fully saturated rings. The Balaban J connectivity index is 2.20. The van der Waals surface area contributed by atoms with Gasteiger partial charge in [0.05, 0.1) is 12.0 Å². The number of methoxy groups -OCH3 is 1. The summed E-state index contributed by atoms with van der Waals surface area (Å²) in [6.07, 6.45) is 1.78. The summed E-state index contributed by atoms with van der Waals surface area (Å²) in [4.78, 5) is 40.1. The van der Waals surface area contributed by atoms with Gasteiger partial charge in [-0.25, -0.2) is 0 Å². The second kappa shape index (κ2) is 6.58. The Labute approximate surface area is 144 Å². The second-order valence-electron chi connectivity index (χ2n) is 6.22. The third-order valence-electron chi connectivity index (χ3n) is 4.73. The highest BCUT2D eigenvalue weighted by Gasteiger charge is 2.43. The standard InChI is InChI=1S/C18H18N2O5/c1-10-15(18(22)25-2)16(11-5-3-6-12(9-11)20(23)24)17-13(19-10)7-4-8-14(17)21/h3,5-6,9,15-16H,4,7-8H2,1-2H3/t15?,16-/m0/s1. The number of carbonyl (C=O) groups is 2. The summed E-state index contributed by atoms with van der Waals surface area (Å²) in [6.45, 7) is 1.73. The molecular weight excluding hydrogens is 324 g/mol. The molecule has 7 heteroatoms. The van der Waals surface area contributed by atoms with Gasteiger partial charge in [0.1, 0.15) is 5.92 Å². The summed E-state index contributed by atoms with van der Waals surface area (Å²) < 4.78 is 4.92. The van der Waals surface area contributed by atoms with E-state index < -0.39 is 22.7 Å². The Kier molecular flexibility index (Phi) is 4.48. The van der Waals surface area contributed by atoms with Crippen LogP contribution in [-0.4, -0.2) is 29.5 Å². The van der Waals surface area contributed by atoms with Crippen molar-refractivity contribution in [3.63, 3.8) is 0 Å². The Bertz CT molecular complexity index is 825. The maximum atomic E-state index is 12.6. The molecule has 0 saturated heterocycles. The van der Waals surface area contributed by atoms with Gasteiger partial charge in [0.25, 0.3) is 5.69 Å². The Morgan fingerprint density at radius 3 is 2.80 bits per heavy atom. The van der Waals surface area contributed by atoms with E-state index in [-0.39, 0.29) is 11.5 Å². The lowest BCUT2D eigenvalue weighted by Gasteiger charge is -2.34. The predicted octanol–water partition coefficient (Wildman–Crippen LogP) is 2.95. The minimum Gasteiger partial charge on any atom is -0.468 e. The number of nitro groups is 1. The predicted molar refractivity (Wildman–Crippen MR) is 90.3 cm³/mol. The molecule has 0 bridgehead atoms. The molecule has 0 N–H and O–H groups in total. The molecule has 2 atom stereocenters. The number of nitro benzene ring substituents is 1. The van der Waals surface area contributed by atoms with Crippen LogP contribution in [0.5, 0.6) is 0 Å². The van der Waals surface area contributed by atoms with E-state index in [1.165, 1.54) is 19.2 Å². The van der Waals surface area contributed by atoms with Gasteiger partial charge in [0.15, 0.2) is 5.78 Å². The van der Waals surface area contributed by atoms with Gasteiger partial charge in [-0.2, -0.15) is 0 Å². The number of aliphatic imine (C=N–C) groups is 1. The van der Waals surface area contributed by atoms with Crippen LogP contribution in [0.3, 0.4) is 0 Å². The minimum absolute atomic E-state index is 0.0529. The number of hydrogen-bond donors (Lipinski definition) is 0. The summed E-state index contributed by atoms with van der Waals surface area (Å²) in [7, 11) is 1.28. The first kappa shape index (κ1) is 17.0. The van der Waals surface area contributed by atoms with Crippen LogP contribution in [0.2, 0.25) is 0 Å². The SMILES string of the molecule is COC(=O)C1C(C)=NC2=C(C(=O)CCC2)[C@H]1c1cccc([N+](=O)[O-])c1. The zero-order valence-electron chi connectivity index (χ0n) is 14.0. The first-order chi connectivity index (χ1) is 11.9. The summed E-state index contributed by atoms with van der Waals surface area (Å²) >= 11 is 0. The third kappa shape index (κ3) is 2.97. The molecule has 0 amide bonds. The Morgan fingerprint density at radius 2 is 2.12 bits per heavy atom. The van der Waals surface area contributed by atoms with Crippen LogP contribution < -0.4 is 0 Å². The number of non-ortho nitro benzene ring substituents is 1. The highest BCUT2D eigenvalue weighted by Crippen LogP contribution is 2.44. The van der Waals surface area contributed by atoms with Gasteiger partial charge < -0.3 is 4.74 Å². The molecule has 2 aliphatic rings. The second-order valence-corrected chi connectivity index (χ2v) is 6.22. The number of esters is 1. The van der Waals surface area contributed by atoms with Crippen molar-refractivity contribution in [3.8, 4) is 0 Å². The van der Waals surface area contributed by atoms with Crippen molar-refractivity contribution in [2.45, 2.75) is 32.1 Å². The van der Waals surface area contributed by atoms with E-state index in [0.29, 0.717) is 35.4 Å². The highest BCUT2D eigenvalue weighted by molar-refractivity contribution is 6.08. The molecule has 3 rings (SSSR count). The molecule has 0 radical (unpaired) electrons. The first-order valence-corrected chi connectivity index (χ1v) is 8.07. The molecule has 1 aliphatic carbocycles. The van der Waals surface area contributed by atoms with Crippen molar-refractivity contribution < 1.29 is 19.2 Å². The quantitative estimate of drug-likeness (QED) is 0.478. The number of ether oxygens (including phenoxy) is 1. The van der Waals surface area contributed by atoms with Crippen molar-refractivity contribution in [1.29, 1.82) is 0 Å². The lowest BCUT2D eigenvalue weighted by atomic mass is 9.71. The number of ketones is 1. The summed E-state index contributed by atoms with van der Waals surface area (Å²) in [6, 6.07) is 6.08. The molecular formula is C18H18N2O5. The highest BCUT2D eigenvalue weighted by atomic mass is 16.6. The number of allylic oxidation sites excluding steroid dienone is 2. The molecule has 1 aromatic carbocycles. The average molecular weight is 342 g/mol. The van der Waals surface area contributed by atoms with E-state index in [0.717, 1.165) is 6.42 Å². The zero-order chi connectivity index (χ0) is 18.1. The summed E-state index contributed by atoms with van der Waals surface area (Å²) in [5, 5.41) is 11.1. The molecule has 1 heterocycles. The zero-order valence-corrected chi connectivity index (χ0v) is 14.0. The fourth-order valence-electron chi connectivity index (χ4n) is 3.63. The lowest BCUT2D eigenvalue weighted by Crippen LogP contribution is -2.36. The molecule has 130 valence electrons. The maximum Gasteiger partial charge on any atom is 0.315 e. The number of rotatable bonds is 3. The molecule has 0 aromatic heterocycles. The lowest BCUT2D eigenvalue weighted by molar-refractivity contribution is -0.384. The van der Waals surface area contributed by atoms with Gasteiger partial charge in [-0.15, -0.1) is 0 Å². The smallest absolute Gasteiger partial charge is 0.315 e. The van der Waals surface area contributed by atoms with Gasteiger partial charge in [-0.1, -0.05) is 12.1 Å². The maximum absolute atomic E-state index is 12.6. The molecule has 25 heavy (non-hydrogen) atoms. The van der Waals surface area contributed by atoms with Crippen LogP contribution in [0.25, 0.3) is 0 Å². The van der Waals surface area contributed by atoms with Crippen molar-refractivity contribution in [3.05, 3.63) is 51.2 Å². The van der Waals surface area contributed by atoms with Crippen LogP contribution in [0, 0.1) is 16.0 Å². The molecule has 0 spiro atoms. The average Bonchev–Trinajstić information content (AvgIpc) is 2.60. The summed E-state index contributed by atoms with van der Waals surface area (Å²) in [5.74, 6) is -1.91. The number of carbonyl (C=O) groups excluding carboxylic acids is 2. The van der Waals surface area contributed by atoms with Gasteiger partial charge in [-0.05, 0) is 25.3 Å². The number of hydrogen-bond acceptors (Lipinski definition) is 6. The third-order valence-corrected chi connectivity index (χ3v) is 4.73. The first-order valence-electron chi connectivity index (χ1n) is 8.07. The Morgan fingerprint density at radius 1 is 1.36 bits per heavy atom. The van der Waals surface area contributed by atoms with E-state index in [9.17, 15) is 19.7 Å². The van der Waals surface area contributed by atoms with Gasteiger partial charge in [0, 0.05) is 41.5 Å². The minimum atomic E-state index is -0.757. The van der Waals surface area contributed by atoms with E-state index >= 15 is 0 Å². The molecule has 1 aliphatic heterocycles. The van der Waals surface area contributed by atoms with Crippen LogP contribution in [0.4, 0.5) is 5.69 Å². The fraction of sp³-hybridized carbons (Fsp3) is 0.389. The van der Waals surface area contributed by atoms with E-state index in [4.69, 9.17) is 4.74 Å². The van der Waals surface area contributed by atoms with Crippen LogP contribution in [0.1, 0.15) is 37.7 Å². The normalized spacial score (nSPS) is 23.0. The van der Waals surface area contributed by atoms with Crippen LogP contribution in [0.15, 0.2) is 40.5 Å². The number of nitrogens with zero attached hydrogens (tertiary/aromatic N) is 2. The topological polar surface area (TPSA) is 98.9 Å². The fourth-order valence-corrected chi connectivity index (χ4v) is 3.63. The van der Waals surface area contributed by atoms with E-state index in [1.54, 1.807) is 19.1 Å². The van der Waals surface area contributed by atoms with Crippen molar-refractivity contribution in [1.82, 2.24) is 0 Å². The van der Waals surface area contributed by atoms with Gasteiger partial charge in [-0.3, -0.25) is 24.7 Å².